The van der Waals surface area contributed by atoms with Gasteiger partial charge in [-0.15, -0.1) is 15.3 Å². The van der Waals surface area contributed by atoms with E-state index in [1.165, 1.54) is 0 Å². The van der Waals surface area contributed by atoms with Gasteiger partial charge >= 0.3 is 88.7 Å². The molecule has 6 rings (SSSR count). The Labute approximate surface area is 415 Å². The number of nitrogens with zero attached hydrogens (tertiary/aromatic N) is 6. The quantitative estimate of drug-likeness (QED) is 0.0514. The Hall–Kier alpha value is -3.69. The van der Waals surface area contributed by atoms with Crippen molar-refractivity contribution in [3.8, 4) is 16.9 Å². The van der Waals surface area contributed by atoms with Crippen LogP contribution in [-0.2, 0) is 30.4 Å². The molecule has 298 valence electrons. The Balaban J connectivity index is 0.00000331. The van der Waals surface area contributed by atoms with Gasteiger partial charge in [0.1, 0.15) is 36.5 Å². The standard InChI is InChI=1S/C36H31N9O10S3.3Na/c1-18-13-20(3-10-27(18)41-43-29-12-5-23(37)17-26(29)38)21-4-11-28(19(2)14-21)42-44-34-30(57(50,51)52)15-22-16-31(58(53,54)55)35(36(46)32(22)33(34)39)45-40-24-6-8-25(9-7-24)56(47,48)49;;;/h3-17,46H,37-39H2,1-2H3,(H,47,48,49)(H,50,51,52)(H,53,54,55);;;/q;3*+1/p-3. The monoisotopic (exact) mass is 911 g/mol. The summed E-state index contributed by atoms with van der Waals surface area (Å²) in [5, 5.41) is 36.7. The van der Waals surface area contributed by atoms with Crippen LogP contribution in [0.5, 0.6) is 5.75 Å². The van der Waals surface area contributed by atoms with E-state index in [0.717, 1.165) is 41.0 Å². The molecular formula is C36H28N9Na3O10S3. The zero-order valence-electron chi connectivity index (χ0n) is 32.9. The minimum Gasteiger partial charge on any atom is -0.870 e. The number of azo groups is 3. The fourth-order valence-corrected chi connectivity index (χ4v) is 7.42. The summed E-state index contributed by atoms with van der Waals surface area (Å²) in [4.78, 5) is -2.78. The van der Waals surface area contributed by atoms with Gasteiger partial charge in [-0.1, -0.05) is 17.9 Å². The van der Waals surface area contributed by atoms with E-state index in [1.807, 2.05) is 19.1 Å². The van der Waals surface area contributed by atoms with Crippen molar-refractivity contribution in [2.75, 3.05) is 17.2 Å². The maximum absolute atomic E-state index is 13.8. The molecule has 0 atom stereocenters. The van der Waals surface area contributed by atoms with E-state index >= 15 is 0 Å². The molecule has 7 N–H and O–H groups in total. The minimum absolute atomic E-state index is 0. The van der Waals surface area contributed by atoms with Gasteiger partial charge in [0.25, 0.3) is 10.1 Å². The van der Waals surface area contributed by atoms with Gasteiger partial charge in [-0.05, 0) is 120 Å². The predicted octanol–water partition coefficient (Wildman–Crippen LogP) is -1.74. The summed E-state index contributed by atoms with van der Waals surface area (Å²) in [5.74, 6) is -1.27. The SMILES string of the molecule is Cc1cc(-c2ccc(N=Nc3c(S(=O)(=O)[O-])cc4cc(S(=O)(=O)O)c(N=Nc5ccc(S(=O)(=O)[O-])cc5)c([O-])c4c3N)c(C)c2)ccc1N=Nc1ccc(N)cc1N.[Na+].[Na+].[Na+]. The number of rotatable bonds is 10. The van der Waals surface area contributed by atoms with Gasteiger partial charge in [0.15, 0.2) is 0 Å². The van der Waals surface area contributed by atoms with Gasteiger partial charge in [-0.3, -0.25) is 4.55 Å². The second kappa shape index (κ2) is 20.2. The fourth-order valence-electron chi connectivity index (χ4n) is 5.64. The number of fused-ring (bicyclic) bond motifs is 1. The molecule has 0 heterocycles. The van der Waals surface area contributed by atoms with Gasteiger partial charge in [-0.2, -0.15) is 23.8 Å². The molecule has 0 aliphatic rings. The summed E-state index contributed by atoms with van der Waals surface area (Å²) in [6.07, 6.45) is 0. The predicted molar refractivity (Wildman–Crippen MR) is 209 cm³/mol. The summed E-state index contributed by atoms with van der Waals surface area (Å²) < 4.78 is 106. The van der Waals surface area contributed by atoms with Crippen LogP contribution in [0, 0.1) is 13.8 Å². The first-order valence-electron chi connectivity index (χ1n) is 16.3. The van der Waals surface area contributed by atoms with Crippen molar-refractivity contribution in [1.29, 1.82) is 0 Å². The van der Waals surface area contributed by atoms with Crippen molar-refractivity contribution in [3.05, 3.63) is 102 Å². The second-order valence-electron chi connectivity index (χ2n) is 12.6. The molecule has 0 fully saturated rings. The largest absolute Gasteiger partial charge is 1.00 e. The van der Waals surface area contributed by atoms with Crippen LogP contribution in [0.2, 0.25) is 0 Å². The maximum atomic E-state index is 13.8. The first kappa shape index (κ1) is 51.7. The molecule has 0 aliphatic heterocycles. The molecule has 6 aromatic carbocycles. The van der Waals surface area contributed by atoms with Gasteiger partial charge in [-0.25, -0.2) is 16.8 Å². The van der Waals surface area contributed by atoms with E-state index < -0.39 is 78.6 Å². The average Bonchev–Trinajstić information content (AvgIpc) is 3.13. The Kier molecular flexibility index (Phi) is 17.1. The topological polar surface area (TPSA) is 344 Å². The number of anilines is 3. The molecule has 0 aliphatic carbocycles. The molecule has 0 bridgehead atoms. The Bertz CT molecular complexity index is 3120. The Morgan fingerprint density at radius 1 is 0.557 bits per heavy atom. The van der Waals surface area contributed by atoms with E-state index in [9.17, 15) is 44.0 Å². The van der Waals surface area contributed by atoms with E-state index in [4.69, 9.17) is 17.2 Å². The van der Waals surface area contributed by atoms with Gasteiger partial charge in [0, 0.05) is 11.1 Å². The number of nitrogen functional groups attached to an aromatic ring is 3. The van der Waals surface area contributed by atoms with Crippen LogP contribution in [0.4, 0.5) is 51.2 Å². The molecule has 0 spiro atoms. The zero-order chi connectivity index (χ0) is 42.3. The van der Waals surface area contributed by atoms with Crippen LogP contribution in [0.1, 0.15) is 11.1 Å². The summed E-state index contributed by atoms with van der Waals surface area (Å²) in [7, 11) is -15.5. The molecule has 0 aromatic heterocycles. The van der Waals surface area contributed by atoms with Crippen LogP contribution < -0.4 is 111 Å². The van der Waals surface area contributed by atoms with Crippen molar-refractivity contribution in [2.24, 2.45) is 30.7 Å². The van der Waals surface area contributed by atoms with Crippen LogP contribution in [0.15, 0.2) is 136 Å². The van der Waals surface area contributed by atoms with Crippen LogP contribution in [0.25, 0.3) is 21.9 Å². The summed E-state index contributed by atoms with van der Waals surface area (Å²) >= 11 is 0. The summed E-state index contributed by atoms with van der Waals surface area (Å²) in [6.45, 7) is 3.54. The van der Waals surface area contributed by atoms with E-state index in [-0.39, 0.29) is 100 Å². The van der Waals surface area contributed by atoms with Crippen molar-refractivity contribution in [1.82, 2.24) is 0 Å². The van der Waals surface area contributed by atoms with Gasteiger partial charge < -0.3 is 31.4 Å². The molecule has 0 unspecified atom stereocenters. The first-order valence-corrected chi connectivity index (χ1v) is 20.6. The number of aryl methyl sites for hydroxylation is 2. The molecule has 25 heteroatoms. The van der Waals surface area contributed by atoms with Crippen LogP contribution >= 0.6 is 0 Å². The number of hydrogen-bond acceptors (Lipinski definition) is 18. The molecule has 0 saturated carbocycles. The summed E-state index contributed by atoms with van der Waals surface area (Å²) in [6, 6.07) is 20.6. The third-order valence-corrected chi connectivity index (χ3v) is 11.1. The van der Waals surface area contributed by atoms with Crippen molar-refractivity contribution in [2.45, 2.75) is 28.5 Å². The second-order valence-corrected chi connectivity index (χ2v) is 16.7. The van der Waals surface area contributed by atoms with Crippen molar-refractivity contribution < 1.29 is 133 Å². The van der Waals surface area contributed by atoms with Crippen molar-refractivity contribution >= 4 is 92.3 Å². The van der Waals surface area contributed by atoms with Gasteiger partial charge in [0.2, 0.25) is 0 Å². The Morgan fingerprint density at radius 2 is 1.05 bits per heavy atom. The molecule has 61 heavy (non-hydrogen) atoms. The van der Waals surface area contributed by atoms with E-state index in [1.54, 1.807) is 49.4 Å². The third-order valence-electron chi connectivity index (χ3n) is 8.54. The molecular weight excluding hydrogens is 884 g/mol. The summed E-state index contributed by atoms with van der Waals surface area (Å²) in [5.41, 5.74) is 20.5. The normalized spacial score (nSPS) is 12.1. The van der Waals surface area contributed by atoms with Crippen LogP contribution in [-0.4, -0.2) is 38.9 Å². The fraction of sp³-hybridized carbons (Fsp3) is 0.0556. The number of hydrogen-bond donors (Lipinski definition) is 4. The maximum Gasteiger partial charge on any atom is 1.00 e. The Morgan fingerprint density at radius 3 is 1.54 bits per heavy atom. The molecule has 19 nitrogen and oxygen atoms in total. The van der Waals surface area contributed by atoms with Gasteiger partial charge in [0.05, 0.1) is 43.9 Å². The average molecular weight is 912 g/mol. The molecule has 0 amide bonds. The van der Waals surface area contributed by atoms with E-state index in [0.29, 0.717) is 40.4 Å². The number of benzene rings is 6. The van der Waals surface area contributed by atoms with Crippen LogP contribution in [0.3, 0.4) is 0 Å². The minimum atomic E-state index is -5.40. The third kappa shape index (κ3) is 11.9. The van der Waals surface area contributed by atoms with Crippen molar-refractivity contribution in [3.63, 3.8) is 0 Å². The number of nitrogens with two attached hydrogens (primary N) is 3. The molecule has 0 saturated heterocycles. The molecule has 0 radical (unpaired) electrons. The van der Waals surface area contributed by atoms with E-state index in [2.05, 4.69) is 30.7 Å². The zero-order valence-corrected chi connectivity index (χ0v) is 41.4. The molecule has 6 aromatic rings. The first-order chi connectivity index (χ1) is 27.1. The smallest absolute Gasteiger partial charge is 0.870 e.